The van der Waals surface area contributed by atoms with Crippen LogP contribution in [0.3, 0.4) is 0 Å². The molecule has 0 saturated carbocycles. The zero-order valence-corrected chi connectivity index (χ0v) is 22.6. The summed E-state index contributed by atoms with van der Waals surface area (Å²) in [5.41, 5.74) is 11.0. The molecule has 42 heavy (non-hydrogen) atoms. The quantitative estimate of drug-likeness (QED) is 0.225. The first kappa shape index (κ1) is 23.0. The van der Waals surface area contributed by atoms with Crippen molar-refractivity contribution < 1.29 is 0 Å². The molecule has 0 N–H and O–H groups in total. The molecule has 0 spiro atoms. The van der Waals surface area contributed by atoms with Crippen molar-refractivity contribution in [1.29, 1.82) is 0 Å². The van der Waals surface area contributed by atoms with Crippen LogP contribution in [-0.2, 0) is 0 Å². The molecule has 0 radical (unpaired) electrons. The maximum absolute atomic E-state index is 4.70. The van der Waals surface area contributed by atoms with Gasteiger partial charge in [-0.15, -0.1) is 0 Å². The average Bonchev–Trinajstić information content (AvgIpc) is 3.56. The minimum absolute atomic E-state index is 0.873. The lowest BCUT2D eigenvalue weighted by molar-refractivity contribution is 1.16. The van der Waals surface area contributed by atoms with E-state index in [1.807, 2.05) is 0 Å². The summed E-state index contributed by atoms with van der Waals surface area (Å²) in [6.07, 6.45) is 3.53. The Kier molecular flexibility index (Phi) is 4.87. The van der Waals surface area contributed by atoms with Crippen LogP contribution in [0.2, 0.25) is 0 Å². The summed E-state index contributed by atoms with van der Waals surface area (Å²) in [5.74, 6) is 0. The summed E-state index contributed by atoms with van der Waals surface area (Å²) < 4.78 is 4.80. The molecular formula is C38H24N4. The van der Waals surface area contributed by atoms with Crippen LogP contribution in [0.5, 0.6) is 0 Å². The molecule has 0 amide bonds. The van der Waals surface area contributed by atoms with Crippen molar-refractivity contribution in [2.45, 2.75) is 0 Å². The Balaban J connectivity index is 1.47. The summed E-state index contributed by atoms with van der Waals surface area (Å²) in [5, 5.41) is 4.95. The Labute approximate surface area is 241 Å². The molecule has 6 aromatic carbocycles. The van der Waals surface area contributed by atoms with Crippen molar-refractivity contribution in [3.8, 4) is 22.5 Å². The lowest BCUT2D eigenvalue weighted by atomic mass is 10.0. The van der Waals surface area contributed by atoms with Crippen LogP contribution in [0.25, 0.3) is 77.1 Å². The van der Waals surface area contributed by atoms with Crippen LogP contribution in [0, 0.1) is 0 Å². The SMILES string of the molecule is c1ccc(-c2cc3nccnc3cc2-n2c3ccccc3c3cc4c5ccccc5n(-c5ccccc5)c4cc32)cc1. The minimum Gasteiger partial charge on any atom is -0.309 e. The van der Waals surface area contributed by atoms with E-state index in [1.165, 1.54) is 32.6 Å². The molecule has 0 fully saturated rings. The maximum atomic E-state index is 4.70. The van der Waals surface area contributed by atoms with E-state index in [0.717, 1.165) is 44.6 Å². The van der Waals surface area contributed by atoms with Crippen LogP contribution in [-0.4, -0.2) is 19.1 Å². The second kappa shape index (κ2) is 8.88. The van der Waals surface area contributed by atoms with Gasteiger partial charge in [-0.25, -0.2) is 0 Å². The molecular weight excluding hydrogens is 512 g/mol. The largest absolute Gasteiger partial charge is 0.309 e. The van der Waals surface area contributed by atoms with Crippen LogP contribution >= 0.6 is 0 Å². The Morgan fingerprint density at radius 2 is 0.952 bits per heavy atom. The van der Waals surface area contributed by atoms with Crippen LogP contribution < -0.4 is 0 Å². The zero-order chi connectivity index (χ0) is 27.6. The molecule has 3 heterocycles. The molecule has 0 saturated heterocycles. The lowest BCUT2D eigenvalue weighted by Crippen LogP contribution is -1.99. The fourth-order valence-electron chi connectivity index (χ4n) is 6.58. The standard InChI is InChI=1S/C38H24N4/c1-3-11-25(12-4-1)29-22-32-33(40-20-19-39-32)23-36(29)42-35-18-10-8-16-28(35)31-21-30-27-15-7-9-17-34(27)41(37(30)24-38(31)42)26-13-5-2-6-14-26/h1-24H. The van der Waals surface area contributed by atoms with Gasteiger partial charge in [-0.05, 0) is 54.1 Å². The first-order valence-electron chi connectivity index (χ1n) is 14.2. The summed E-state index contributed by atoms with van der Waals surface area (Å²) in [6.45, 7) is 0. The Hall–Kier alpha value is -5.74. The second-order valence-corrected chi connectivity index (χ2v) is 10.7. The van der Waals surface area contributed by atoms with Gasteiger partial charge in [0.1, 0.15) is 0 Å². The van der Waals surface area contributed by atoms with Gasteiger partial charge in [0.15, 0.2) is 0 Å². The first-order chi connectivity index (χ1) is 20.8. The van der Waals surface area contributed by atoms with Crippen molar-refractivity contribution in [1.82, 2.24) is 19.1 Å². The second-order valence-electron chi connectivity index (χ2n) is 10.7. The average molecular weight is 537 g/mol. The van der Waals surface area contributed by atoms with Crippen molar-refractivity contribution in [3.63, 3.8) is 0 Å². The third-order valence-corrected chi connectivity index (χ3v) is 8.39. The number of rotatable bonds is 3. The van der Waals surface area contributed by atoms with Crippen LogP contribution in [0.4, 0.5) is 0 Å². The molecule has 9 aromatic rings. The van der Waals surface area contributed by atoms with Gasteiger partial charge >= 0.3 is 0 Å². The van der Waals surface area contributed by atoms with Crippen LogP contribution in [0.1, 0.15) is 0 Å². The molecule has 0 bridgehead atoms. The summed E-state index contributed by atoms with van der Waals surface area (Å²) in [7, 11) is 0. The van der Waals surface area contributed by atoms with E-state index >= 15 is 0 Å². The number of hydrogen-bond donors (Lipinski definition) is 0. The van der Waals surface area contributed by atoms with Crippen molar-refractivity contribution in [2.75, 3.05) is 0 Å². The summed E-state index contributed by atoms with van der Waals surface area (Å²) in [6, 6.07) is 47.8. The molecule has 9 rings (SSSR count). The molecule has 0 unspecified atom stereocenters. The number of fused-ring (bicyclic) bond motifs is 7. The van der Waals surface area contributed by atoms with E-state index in [0.29, 0.717) is 0 Å². The third-order valence-electron chi connectivity index (χ3n) is 8.39. The molecule has 196 valence electrons. The third kappa shape index (κ3) is 3.29. The van der Waals surface area contributed by atoms with E-state index in [-0.39, 0.29) is 0 Å². The van der Waals surface area contributed by atoms with Gasteiger partial charge in [0.25, 0.3) is 0 Å². The first-order valence-corrected chi connectivity index (χ1v) is 14.2. The Morgan fingerprint density at radius 1 is 0.405 bits per heavy atom. The number of benzene rings is 6. The number of aromatic nitrogens is 4. The van der Waals surface area contributed by atoms with Gasteiger partial charge in [-0.2, -0.15) is 0 Å². The fraction of sp³-hybridized carbons (Fsp3) is 0. The highest BCUT2D eigenvalue weighted by Crippen LogP contribution is 2.41. The molecule has 4 nitrogen and oxygen atoms in total. The molecule has 4 heteroatoms. The van der Waals surface area contributed by atoms with Crippen molar-refractivity contribution >= 4 is 54.6 Å². The number of nitrogens with zero attached hydrogens (tertiary/aromatic N) is 4. The predicted octanol–water partition coefficient (Wildman–Crippen LogP) is 9.49. The van der Waals surface area contributed by atoms with Gasteiger partial charge < -0.3 is 9.13 Å². The smallest absolute Gasteiger partial charge is 0.0908 e. The van der Waals surface area contributed by atoms with Gasteiger partial charge in [0.2, 0.25) is 0 Å². The van der Waals surface area contributed by atoms with Crippen molar-refractivity contribution in [2.24, 2.45) is 0 Å². The molecule has 0 aliphatic heterocycles. The Morgan fingerprint density at radius 3 is 1.64 bits per heavy atom. The summed E-state index contributed by atoms with van der Waals surface area (Å²) in [4.78, 5) is 9.35. The minimum atomic E-state index is 0.873. The van der Waals surface area contributed by atoms with Crippen molar-refractivity contribution in [3.05, 3.63) is 146 Å². The van der Waals surface area contributed by atoms with Crippen LogP contribution in [0.15, 0.2) is 146 Å². The van der Waals surface area contributed by atoms with Gasteiger partial charge in [0.05, 0.1) is 38.8 Å². The van der Waals surface area contributed by atoms with Gasteiger partial charge in [-0.3, -0.25) is 9.97 Å². The predicted molar refractivity (Wildman–Crippen MR) is 174 cm³/mol. The topological polar surface area (TPSA) is 35.6 Å². The monoisotopic (exact) mass is 536 g/mol. The Bertz CT molecular complexity index is 2450. The normalized spacial score (nSPS) is 11.8. The zero-order valence-electron chi connectivity index (χ0n) is 22.6. The lowest BCUT2D eigenvalue weighted by Gasteiger charge is -2.15. The molecule has 0 atom stereocenters. The number of hydrogen-bond acceptors (Lipinski definition) is 2. The summed E-state index contributed by atoms with van der Waals surface area (Å²) >= 11 is 0. The van der Waals surface area contributed by atoms with E-state index < -0.39 is 0 Å². The van der Waals surface area contributed by atoms with E-state index in [2.05, 4.69) is 148 Å². The number of para-hydroxylation sites is 3. The van der Waals surface area contributed by atoms with E-state index in [9.17, 15) is 0 Å². The maximum Gasteiger partial charge on any atom is 0.0908 e. The molecule has 0 aliphatic carbocycles. The fourth-order valence-corrected chi connectivity index (χ4v) is 6.58. The molecule has 3 aromatic heterocycles. The highest BCUT2D eigenvalue weighted by atomic mass is 15.0. The highest BCUT2D eigenvalue weighted by Gasteiger charge is 2.20. The van der Waals surface area contributed by atoms with Gasteiger partial charge in [0, 0.05) is 45.2 Å². The van der Waals surface area contributed by atoms with E-state index in [1.54, 1.807) is 12.4 Å². The van der Waals surface area contributed by atoms with Gasteiger partial charge in [-0.1, -0.05) is 84.9 Å². The molecule has 0 aliphatic rings. The highest BCUT2D eigenvalue weighted by molar-refractivity contribution is 6.19. The van der Waals surface area contributed by atoms with E-state index in [4.69, 9.17) is 4.98 Å².